The highest BCUT2D eigenvalue weighted by molar-refractivity contribution is 5.46. The Morgan fingerprint density at radius 2 is 1.96 bits per heavy atom. The van der Waals surface area contributed by atoms with Gasteiger partial charge in [-0.2, -0.15) is 4.98 Å². The van der Waals surface area contributed by atoms with E-state index in [0.29, 0.717) is 24.0 Å². The maximum absolute atomic E-state index is 9.62. The number of anilines is 2. The topological polar surface area (TPSA) is 123 Å². The van der Waals surface area contributed by atoms with Crippen LogP contribution in [-0.4, -0.2) is 46.5 Å². The first-order valence-electron chi connectivity index (χ1n) is 6.97. The van der Waals surface area contributed by atoms with Gasteiger partial charge in [0, 0.05) is 26.2 Å². The van der Waals surface area contributed by atoms with Gasteiger partial charge in [-0.15, -0.1) is 11.7 Å². The molecule has 2 rings (SSSR count). The first-order chi connectivity index (χ1) is 11.0. The van der Waals surface area contributed by atoms with Gasteiger partial charge in [-0.3, -0.25) is 0 Å². The molecule has 0 fully saturated rings. The van der Waals surface area contributed by atoms with Crippen molar-refractivity contribution >= 4 is 11.9 Å². The van der Waals surface area contributed by atoms with Crippen LogP contribution in [0.2, 0.25) is 0 Å². The van der Waals surface area contributed by atoms with Crippen LogP contribution in [-0.2, 0) is 6.54 Å². The van der Waals surface area contributed by atoms with Crippen LogP contribution in [0.4, 0.5) is 11.9 Å². The van der Waals surface area contributed by atoms with E-state index in [-0.39, 0.29) is 11.5 Å². The Morgan fingerprint density at radius 3 is 2.48 bits per heavy atom. The molecule has 8 heteroatoms. The molecule has 0 aliphatic carbocycles. The largest absolute Gasteiger partial charge is 0.504 e. The maximum Gasteiger partial charge on any atom is 0.245 e. The van der Waals surface area contributed by atoms with Crippen LogP contribution < -0.4 is 16.0 Å². The third-order valence-electron chi connectivity index (χ3n) is 2.42. The number of allylic oxidation sites excluding steroid dienone is 1. The average Bonchev–Trinajstić information content (AvgIpc) is 3.01. The standard InChI is InChI=1S/C11H15N5O2.C3H6.CH5N/c1-16(2)11-13-10(14-15-11)12-6-7-4-3-5-8(17)9(7)18;1-3-2;1-2/h3-5,17-18H,6H2,1-2H3,(H2,12,13,14,15);3H,1H2,2H3;2H2,1H3. The second-order valence-electron chi connectivity index (χ2n) is 4.43. The molecule has 0 spiro atoms. The number of hydrogen-bond donors (Lipinski definition) is 5. The molecule has 0 atom stereocenters. The normalized spacial score (nSPS) is 8.91. The molecule has 1 aromatic heterocycles. The van der Waals surface area contributed by atoms with Crippen LogP contribution in [0.3, 0.4) is 0 Å². The lowest BCUT2D eigenvalue weighted by Gasteiger charge is -2.06. The molecule has 1 aromatic carbocycles. The molecular weight excluding hydrogens is 296 g/mol. The van der Waals surface area contributed by atoms with Gasteiger partial charge in [0.25, 0.3) is 0 Å². The van der Waals surface area contributed by atoms with Crippen LogP contribution in [0.15, 0.2) is 30.9 Å². The van der Waals surface area contributed by atoms with Crippen molar-refractivity contribution in [1.82, 2.24) is 15.2 Å². The van der Waals surface area contributed by atoms with Crippen molar-refractivity contribution in [1.29, 1.82) is 0 Å². The number of benzene rings is 1. The van der Waals surface area contributed by atoms with E-state index in [1.54, 1.807) is 23.1 Å². The van der Waals surface area contributed by atoms with E-state index in [4.69, 9.17) is 0 Å². The molecule has 0 saturated carbocycles. The summed E-state index contributed by atoms with van der Waals surface area (Å²) in [5, 5.41) is 28.7. The van der Waals surface area contributed by atoms with Crippen LogP contribution in [0.5, 0.6) is 11.5 Å². The number of rotatable bonds is 4. The van der Waals surface area contributed by atoms with E-state index >= 15 is 0 Å². The van der Waals surface area contributed by atoms with Gasteiger partial charge >= 0.3 is 0 Å². The lowest BCUT2D eigenvalue weighted by atomic mass is 10.2. The van der Waals surface area contributed by atoms with E-state index in [1.165, 1.54) is 13.1 Å². The number of aromatic amines is 1. The Hall–Kier alpha value is -2.74. The molecule has 0 aliphatic rings. The third kappa shape index (κ3) is 6.70. The molecule has 8 nitrogen and oxygen atoms in total. The maximum atomic E-state index is 9.62. The smallest absolute Gasteiger partial charge is 0.245 e. The molecule has 2 aromatic rings. The lowest BCUT2D eigenvalue weighted by molar-refractivity contribution is 0.400. The number of hydrogen-bond acceptors (Lipinski definition) is 7. The molecule has 1 heterocycles. The number of nitrogens with one attached hydrogen (secondary N) is 2. The van der Waals surface area contributed by atoms with E-state index in [0.717, 1.165) is 0 Å². The van der Waals surface area contributed by atoms with Gasteiger partial charge in [0.2, 0.25) is 11.9 Å². The Morgan fingerprint density at radius 1 is 1.35 bits per heavy atom. The summed E-state index contributed by atoms with van der Waals surface area (Å²) < 4.78 is 0. The van der Waals surface area contributed by atoms with E-state index < -0.39 is 0 Å². The lowest BCUT2D eigenvalue weighted by Crippen LogP contribution is -2.10. The molecule has 0 radical (unpaired) electrons. The van der Waals surface area contributed by atoms with Crippen molar-refractivity contribution in [2.45, 2.75) is 13.5 Å². The first-order valence-corrected chi connectivity index (χ1v) is 6.97. The summed E-state index contributed by atoms with van der Waals surface area (Å²) in [5.74, 6) is 0.803. The van der Waals surface area contributed by atoms with Crippen molar-refractivity contribution in [3.05, 3.63) is 36.4 Å². The molecule has 0 unspecified atom stereocenters. The Kier molecular flexibility index (Phi) is 9.61. The summed E-state index contributed by atoms with van der Waals surface area (Å²) in [4.78, 5) is 5.95. The molecule has 0 bridgehead atoms. The second-order valence-corrected chi connectivity index (χ2v) is 4.43. The van der Waals surface area contributed by atoms with Crippen LogP contribution in [0.25, 0.3) is 0 Å². The Labute approximate surface area is 136 Å². The van der Waals surface area contributed by atoms with Crippen LogP contribution in [0, 0.1) is 0 Å². The van der Waals surface area contributed by atoms with Crippen molar-refractivity contribution in [3.8, 4) is 11.5 Å². The second kappa shape index (κ2) is 10.9. The van der Waals surface area contributed by atoms with Crippen molar-refractivity contribution in [2.75, 3.05) is 31.4 Å². The SMILES string of the molecule is C=CC.CN.CN(C)c1n[nH]c(NCc2cccc(O)c2O)n1. The molecular formula is C15H26N6O2. The van der Waals surface area contributed by atoms with Gasteiger partial charge in [-0.1, -0.05) is 18.2 Å². The third-order valence-corrected chi connectivity index (χ3v) is 2.42. The number of phenols is 2. The van der Waals surface area contributed by atoms with E-state index in [2.05, 4.69) is 32.8 Å². The van der Waals surface area contributed by atoms with Gasteiger partial charge in [0.15, 0.2) is 11.5 Å². The minimum absolute atomic E-state index is 0.127. The van der Waals surface area contributed by atoms with Crippen LogP contribution >= 0.6 is 0 Å². The summed E-state index contributed by atoms with van der Waals surface area (Å²) in [6.45, 7) is 5.59. The van der Waals surface area contributed by atoms with Gasteiger partial charge in [-0.05, 0) is 20.0 Å². The van der Waals surface area contributed by atoms with E-state index in [1.807, 2.05) is 21.0 Å². The van der Waals surface area contributed by atoms with Crippen molar-refractivity contribution in [3.63, 3.8) is 0 Å². The molecule has 128 valence electrons. The zero-order valence-corrected chi connectivity index (χ0v) is 14.0. The number of para-hydroxylation sites is 1. The summed E-state index contributed by atoms with van der Waals surface area (Å²) in [5.41, 5.74) is 5.08. The quantitative estimate of drug-likeness (QED) is 0.428. The van der Waals surface area contributed by atoms with Gasteiger partial charge in [0.05, 0.1) is 0 Å². The minimum Gasteiger partial charge on any atom is -0.504 e. The number of nitrogens with two attached hydrogens (primary N) is 1. The average molecular weight is 322 g/mol. The predicted octanol–water partition coefficient (Wildman–Crippen LogP) is 1.66. The Bertz CT molecular complexity index is 583. The monoisotopic (exact) mass is 322 g/mol. The summed E-state index contributed by atoms with van der Waals surface area (Å²) in [7, 11) is 5.18. The highest BCUT2D eigenvalue weighted by atomic mass is 16.3. The number of nitrogens with zero attached hydrogens (tertiary/aromatic N) is 3. The van der Waals surface area contributed by atoms with Crippen molar-refractivity contribution in [2.24, 2.45) is 5.73 Å². The fourth-order valence-electron chi connectivity index (χ4n) is 1.43. The molecule has 0 amide bonds. The summed E-state index contributed by atoms with van der Waals surface area (Å²) in [6, 6.07) is 4.81. The predicted molar refractivity (Wildman–Crippen MR) is 93.8 cm³/mol. The zero-order chi connectivity index (χ0) is 17.8. The highest BCUT2D eigenvalue weighted by Crippen LogP contribution is 2.28. The molecule has 0 aliphatic heterocycles. The highest BCUT2D eigenvalue weighted by Gasteiger charge is 2.07. The first kappa shape index (κ1) is 20.3. The minimum atomic E-state index is -0.138. The fourth-order valence-corrected chi connectivity index (χ4v) is 1.43. The van der Waals surface area contributed by atoms with Gasteiger partial charge in [0.1, 0.15) is 0 Å². The Balaban J connectivity index is 0.000000868. The molecule has 6 N–H and O–H groups in total. The summed E-state index contributed by atoms with van der Waals surface area (Å²) >= 11 is 0. The summed E-state index contributed by atoms with van der Waals surface area (Å²) in [6.07, 6.45) is 1.75. The van der Waals surface area contributed by atoms with Crippen molar-refractivity contribution < 1.29 is 10.2 Å². The molecule has 23 heavy (non-hydrogen) atoms. The molecule has 0 saturated heterocycles. The number of aromatic hydroxyl groups is 2. The van der Waals surface area contributed by atoms with Gasteiger partial charge < -0.3 is 26.2 Å². The van der Waals surface area contributed by atoms with Crippen LogP contribution in [0.1, 0.15) is 12.5 Å². The number of aromatic nitrogens is 3. The number of phenolic OH excluding ortho intramolecular Hbond substituents is 2. The van der Waals surface area contributed by atoms with Gasteiger partial charge in [-0.25, -0.2) is 5.10 Å². The number of H-pyrrole nitrogens is 1. The zero-order valence-electron chi connectivity index (χ0n) is 14.0. The fraction of sp³-hybridized carbons (Fsp3) is 0.333. The van der Waals surface area contributed by atoms with E-state index in [9.17, 15) is 10.2 Å².